The van der Waals surface area contributed by atoms with Gasteiger partial charge in [-0.3, -0.25) is 14.6 Å². The van der Waals surface area contributed by atoms with Crippen molar-refractivity contribution >= 4 is 39.2 Å². The molecule has 7 nitrogen and oxygen atoms in total. The van der Waals surface area contributed by atoms with Crippen molar-refractivity contribution in [2.45, 2.75) is 48.3 Å². The van der Waals surface area contributed by atoms with Gasteiger partial charge in [0.05, 0.1) is 15.5 Å². The van der Waals surface area contributed by atoms with Gasteiger partial charge in [0.1, 0.15) is 16.3 Å². The van der Waals surface area contributed by atoms with Crippen LogP contribution in [0.25, 0.3) is 10.2 Å². The van der Waals surface area contributed by atoms with Gasteiger partial charge in [0.15, 0.2) is 0 Å². The van der Waals surface area contributed by atoms with E-state index in [0.717, 1.165) is 48.4 Å². The zero-order valence-corrected chi connectivity index (χ0v) is 16.8. The van der Waals surface area contributed by atoms with Gasteiger partial charge in [0, 0.05) is 5.54 Å². The highest BCUT2D eigenvalue weighted by molar-refractivity contribution is 8.02. The highest BCUT2D eigenvalue weighted by atomic mass is 32.2. The summed E-state index contributed by atoms with van der Waals surface area (Å²) in [5.41, 5.74) is -0.665. The SMILES string of the molecule is N#Cc1c(SCC(=O)NC23CC4CC(CC(C4)C2)C3)sc2c(=O)[nH]c(=O)[nH]c12. The van der Waals surface area contributed by atoms with Gasteiger partial charge in [-0.25, -0.2) is 4.79 Å². The molecule has 0 radical (unpaired) electrons. The molecule has 28 heavy (non-hydrogen) atoms. The molecule has 0 atom stereocenters. The minimum atomic E-state index is -0.636. The summed E-state index contributed by atoms with van der Waals surface area (Å²) < 4.78 is 0.894. The number of H-pyrrole nitrogens is 2. The number of thiophene rings is 1. The van der Waals surface area contributed by atoms with E-state index < -0.39 is 11.2 Å². The topological polar surface area (TPSA) is 119 Å². The summed E-state index contributed by atoms with van der Waals surface area (Å²) in [7, 11) is 0. The van der Waals surface area contributed by atoms with E-state index >= 15 is 0 Å². The lowest BCUT2D eigenvalue weighted by Gasteiger charge is -2.56. The van der Waals surface area contributed by atoms with E-state index in [2.05, 4.69) is 21.4 Å². The third-order valence-electron chi connectivity index (χ3n) is 6.44. The lowest BCUT2D eigenvalue weighted by Crippen LogP contribution is -2.60. The first-order chi connectivity index (χ1) is 13.4. The van der Waals surface area contributed by atoms with Gasteiger partial charge in [0.2, 0.25) is 5.91 Å². The van der Waals surface area contributed by atoms with Crippen LogP contribution in [0.1, 0.15) is 44.1 Å². The van der Waals surface area contributed by atoms with Crippen LogP contribution in [0.4, 0.5) is 0 Å². The van der Waals surface area contributed by atoms with Crippen molar-refractivity contribution in [3.63, 3.8) is 0 Å². The predicted molar refractivity (Wildman–Crippen MR) is 108 cm³/mol. The van der Waals surface area contributed by atoms with Crippen LogP contribution >= 0.6 is 23.1 Å². The zero-order valence-electron chi connectivity index (χ0n) is 15.2. The van der Waals surface area contributed by atoms with Crippen molar-refractivity contribution in [1.29, 1.82) is 5.26 Å². The van der Waals surface area contributed by atoms with Gasteiger partial charge in [-0.05, 0) is 56.3 Å². The zero-order chi connectivity index (χ0) is 19.5. The Morgan fingerprint density at radius 3 is 2.43 bits per heavy atom. The molecule has 4 saturated carbocycles. The van der Waals surface area contributed by atoms with E-state index in [-0.39, 0.29) is 28.3 Å². The molecule has 1 amide bonds. The third-order valence-corrected chi connectivity index (χ3v) is 8.90. The van der Waals surface area contributed by atoms with E-state index in [1.165, 1.54) is 31.0 Å². The molecule has 9 heteroatoms. The predicted octanol–water partition coefficient (Wildman–Crippen LogP) is 2.33. The van der Waals surface area contributed by atoms with Gasteiger partial charge >= 0.3 is 5.69 Å². The number of carbonyl (C=O) groups excluding carboxylic acids is 1. The molecule has 4 aliphatic carbocycles. The molecule has 3 N–H and O–H groups in total. The first-order valence-corrected chi connectivity index (χ1v) is 11.4. The van der Waals surface area contributed by atoms with Crippen LogP contribution in [0.2, 0.25) is 0 Å². The molecule has 2 heterocycles. The van der Waals surface area contributed by atoms with Gasteiger partial charge in [0.25, 0.3) is 5.56 Å². The molecule has 2 aromatic rings. The number of nitriles is 1. The lowest BCUT2D eigenvalue weighted by molar-refractivity contribution is -0.124. The number of rotatable bonds is 4. The fourth-order valence-corrected chi connectivity index (χ4v) is 8.05. The molecular weight excluding hydrogens is 396 g/mol. The van der Waals surface area contributed by atoms with Crippen molar-refractivity contribution in [2.75, 3.05) is 5.75 Å². The minimum absolute atomic E-state index is 0.0179. The van der Waals surface area contributed by atoms with Crippen LogP contribution in [-0.2, 0) is 4.79 Å². The number of hydrogen-bond donors (Lipinski definition) is 3. The second-order valence-electron chi connectivity index (χ2n) is 8.52. The van der Waals surface area contributed by atoms with Crippen LogP contribution in [0, 0.1) is 29.1 Å². The Kier molecular flexibility index (Phi) is 4.18. The number of aromatic amines is 2. The summed E-state index contributed by atoms with van der Waals surface area (Å²) in [4.78, 5) is 40.9. The molecule has 6 rings (SSSR count). The highest BCUT2D eigenvalue weighted by Crippen LogP contribution is 2.55. The van der Waals surface area contributed by atoms with Gasteiger partial charge < -0.3 is 10.3 Å². The number of nitrogens with zero attached hydrogens (tertiary/aromatic N) is 1. The Morgan fingerprint density at radius 2 is 1.82 bits per heavy atom. The quantitative estimate of drug-likeness (QED) is 0.661. The second kappa shape index (κ2) is 6.49. The number of fused-ring (bicyclic) bond motifs is 1. The van der Waals surface area contributed by atoms with Gasteiger partial charge in [-0.2, -0.15) is 5.26 Å². The first kappa shape index (κ1) is 18.0. The molecule has 0 aromatic carbocycles. The number of amides is 1. The summed E-state index contributed by atoms with van der Waals surface area (Å²) in [6.45, 7) is 0. The smallest absolute Gasteiger partial charge is 0.326 e. The maximum absolute atomic E-state index is 12.7. The molecule has 4 fully saturated rings. The minimum Gasteiger partial charge on any atom is -0.350 e. The molecule has 0 aliphatic heterocycles. The lowest BCUT2D eigenvalue weighted by atomic mass is 9.53. The fraction of sp³-hybridized carbons (Fsp3) is 0.579. The molecular formula is C19H20N4O3S2. The Balaban J connectivity index is 1.32. The van der Waals surface area contributed by atoms with E-state index in [9.17, 15) is 19.6 Å². The molecule has 4 aliphatic rings. The molecule has 0 unspecified atom stereocenters. The van der Waals surface area contributed by atoms with Crippen LogP contribution in [0.15, 0.2) is 13.8 Å². The molecule has 0 saturated heterocycles. The van der Waals surface area contributed by atoms with E-state index in [0.29, 0.717) is 8.91 Å². The summed E-state index contributed by atoms with van der Waals surface area (Å²) in [6, 6.07) is 2.06. The average Bonchev–Trinajstić information content (AvgIpc) is 2.96. The van der Waals surface area contributed by atoms with Crippen LogP contribution in [-0.4, -0.2) is 27.2 Å². The van der Waals surface area contributed by atoms with E-state index in [1.54, 1.807) is 0 Å². The number of aromatic nitrogens is 2. The maximum Gasteiger partial charge on any atom is 0.326 e. The number of hydrogen-bond acceptors (Lipinski definition) is 6. The normalized spacial score (nSPS) is 30.5. The number of nitrogens with one attached hydrogen (secondary N) is 3. The van der Waals surface area contributed by atoms with Gasteiger partial charge in [-0.1, -0.05) is 0 Å². The van der Waals surface area contributed by atoms with Crippen molar-refractivity contribution < 1.29 is 4.79 Å². The Labute approximate surface area is 168 Å². The van der Waals surface area contributed by atoms with Crippen molar-refractivity contribution in [3.05, 3.63) is 26.4 Å². The average molecular weight is 417 g/mol. The second-order valence-corrected chi connectivity index (χ2v) is 10.8. The monoisotopic (exact) mass is 416 g/mol. The third kappa shape index (κ3) is 2.99. The van der Waals surface area contributed by atoms with Gasteiger partial charge in [-0.15, -0.1) is 23.1 Å². The van der Waals surface area contributed by atoms with Crippen molar-refractivity contribution in [3.8, 4) is 6.07 Å². The largest absolute Gasteiger partial charge is 0.350 e. The Morgan fingerprint density at radius 1 is 1.18 bits per heavy atom. The van der Waals surface area contributed by atoms with Crippen LogP contribution in [0.3, 0.4) is 0 Å². The van der Waals surface area contributed by atoms with Crippen molar-refractivity contribution in [2.24, 2.45) is 17.8 Å². The summed E-state index contributed by atoms with van der Waals surface area (Å²) in [5, 5.41) is 12.8. The van der Waals surface area contributed by atoms with E-state index in [1.807, 2.05) is 0 Å². The van der Waals surface area contributed by atoms with Crippen LogP contribution < -0.4 is 16.6 Å². The standard InChI is InChI=1S/C19H20N4O3S2/c20-7-12-14-15(16(25)22-18(26)21-14)28-17(12)27-8-13(24)23-19-4-9-1-10(5-19)3-11(2-9)6-19/h9-11H,1-6,8H2,(H,23,24)(H2,21,22,25,26). The Bertz CT molecular complexity index is 1090. The highest BCUT2D eigenvalue weighted by Gasteiger charge is 2.51. The summed E-state index contributed by atoms with van der Waals surface area (Å²) >= 11 is 2.40. The number of thioether (sulfide) groups is 1. The van der Waals surface area contributed by atoms with E-state index in [4.69, 9.17) is 0 Å². The molecule has 4 bridgehead atoms. The molecule has 2 aromatic heterocycles. The molecule has 146 valence electrons. The van der Waals surface area contributed by atoms with Crippen molar-refractivity contribution in [1.82, 2.24) is 15.3 Å². The Hall–Kier alpha value is -2.05. The summed E-state index contributed by atoms with van der Waals surface area (Å²) in [6.07, 6.45) is 7.26. The first-order valence-electron chi connectivity index (χ1n) is 9.58. The molecule has 0 spiro atoms. The van der Waals surface area contributed by atoms with Crippen LogP contribution in [0.5, 0.6) is 0 Å². The number of carbonyl (C=O) groups is 1. The fourth-order valence-electron chi connectivity index (χ4n) is 5.92. The summed E-state index contributed by atoms with van der Waals surface area (Å²) in [5.74, 6) is 2.46. The maximum atomic E-state index is 12.7.